The van der Waals surface area contributed by atoms with E-state index in [4.69, 9.17) is 9.47 Å². The van der Waals surface area contributed by atoms with Crippen LogP contribution in [-0.2, 0) is 20.9 Å². The molecule has 0 heterocycles. The van der Waals surface area contributed by atoms with E-state index in [-0.39, 0.29) is 36.1 Å². The van der Waals surface area contributed by atoms with Gasteiger partial charge in [-0.25, -0.2) is 4.79 Å². The number of rotatable bonds is 7. The predicted octanol–water partition coefficient (Wildman–Crippen LogP) is 6.84. The molecule has 1 aromatic carbocycles. The van der Waals surface area contributed by atoms with Gasteiger partial charge in [0, 0.05) is 6.42 Å². The molecule has 0 aromatic heterocycles. The summed E-state index contributed by atoms with van der Waals surface area (Å²) >= 11 is 0. The third-order valence-electron chi connectivity index (χ3n) is 11.8. The second-order valence-electron chi connectivity index (χ2n) is 13.4. The molecule has 2 N–H and O–H groups in total. The molecule has 0 radical (unpaired) electrons. The molecule has 210 valence electrons. The Balaban J connectivity index is 1.21. The number of hydrogen-bond acceptors (Lipinski definition) is 5. The van der Waals surface area contributed by atoms with Gasteiger partial charge < -0.3 is 19.7 Å². The lowest BCUT2D eigenvalue weighted by Crippen LogP contribution is -2.59. The number of carbonyl (C=O) groups is 2. The molecule has 6 nitrogen and oxygen atoms in total. The fourth-order valence-electron chi connectivity index (χ4n) is 9.69. The van der Waals surface area contributed by atoms with Crippen LogP contribution in [0.15, 0.2) is 30.3 Å². The fourth-order valence-corrected chi connectivity index (χ4v) is 9.69. The van der Waals surface area contributed by atoms with Crippen molar-refractivity contribution in [2.45, 2.75) is 104 Å². The molecular formula is C32H46O6. The molecule has 38 heavy (non-hydrogen) atoms. The van der Waals surface area contributed by atoms with Gasteiger partial charge in [0.2, 0.25) is 0 Å². The molecule has 10 atom stereocenters. The number of ether oxygens (including phenoxy) is 2. The normalized spacial score (nSPS) is 40.8. The summed E-state index contributed by atoms with van der Waals surface area (Å²) in [5.74, 6) is 2.09. The maximum atomic E-state index is 12.4. The number of aliphatic hydroxyl groups excluding tert-OH is 1. The van der Waals surface area contributed by atoms with Crippen LogP contribution in [0.25, 0.3) is 0 Å². The SMILES string of the molecule is C[C@H](CCC(=O)O)[C@H]1CC[C@H]2[C@@H]3CC[C@@H]4C[C@H](OC(=O)OCc5ccccc5)CC[C@]4(C)[C@H]3C[C@H](O)[C@]12C. The Labute approximate surface area is 227 Å². The summed E-state index contributed by atoms with van der Waals surface area (Å²) in [5, 5.41) is 20.9. The zero-order valence-electron chi connectivity index (χ0n) is 23.3. The summed E-state index contributed by atoms with van der Waals surface area (Å²) in [6.45, 7) is 7.18. The van der Waals surface area contributed by atoms with E-state index in [1.165, 1.54) is 6.42 Å². The van der Waals surface area contributed by atoms with Crippen molar-refractivity contribution < 1.29 is 29.3 Å². The number of aliphatic carboxylic acids is 1. The number of carbonyl (C=O) groups excluding carboxylic acids is 1. The lowest BCUT2D eigenvalue weighted by atomic mass is 9.43. The maximum Gasteiger partial charge on any atom is 0.508 e. The first-order valence-corrected chi connectivity index (χ1v) is 14.9. The third-order valence-corrected chi connectivity index (χ3v) is 11.8. The zero-order chi connectivity index (χ0) is 27.1. The summed E-state index contributed by atoms with van der Waals surface area (Å²) in [6, 6.07) is 9.67. The molecule has 4 fully saturated rings. The Morgan fingerprint density at radius 2 is 1.79 bits per heavy atom. The first kappa shape index (κ1) is 27.5. The summed E-state index contributed by atoms with van der Waals surface area (Å²) in [4.78, 5) is 23.6. The minimum absolute atomic E-state index is 0.0994. The van der Waals surface area contributed by atoms with E-state index in [1.807, 2.05) is 30.3 Å². The second-order valence-corrected chi connectivity index (χ2v) is 13.4. The standard InChI is InChI=1S/C32H46O6/c1-20(9-14-29(34)35)25-12-13-26-24-11-10-22-17-23(38-30(36)37-19-21-7-5-4-6-8-21)15-16-31(22,2)27(24)18-28(33)32(25,26)3/h4-8,20,22-28,33H,9-19H2,1-3H3,(H,34,35)/t20-,22-,23-,24+,25-,26+,27+,28+,31+,32-/m1/s1. The van der Waals surface area contributed by atoms with Gasteiger partial charge in [0.1, 0.15) is 12.7 Å². The summed E-state index contributed by atoms with van der Waals surface area (Å²) in [5.41, 5.74) is 0.990. The Morgan fingerprint density at radius 3 is 2.53 bits per heavy atom. The average Bonchev–Trinajstić information content (AvgIpc) is 3.26. The van der Waals surface area contributed by atoms with E-state index in [0.717, 1.165) is 50.5 Å². The van der Waals surface area contributed by atoms with Crippen LogP contribution in [0.2, 0.25) is 0 Å². The third kappa shape index (κ3) is 4.98. The van der Waals surface area contributed by atoms with Gasteiger partial charge in [-0.3, -0.25) is 4.79 Å². The smallest absolute Gasteiger partial charge is 0.481 e. The van der Waals surface area contributed by atoms with E-state index in [9.17, 15) is 19.8 Å². The Bertz CT molecular complexity index is 995. The maximum absolute atomic E-state index is 12.4. The van der Waals surface area contributed by atoms with Gasteiger partial charge in [-0.05, 0) is 110 Å². The number of carboxylic acid groups (broad SMARTS) is 1. The number of carboxylic acids is 1. The van der Waals surface area contributed by atoms with E-state index in [1.54, 1.807) is 0 Å². The summed E-state index contributed by atoms with van der Waals surface area (Å²) in [7, 11) is 0. The molecule has 0 aliphatic heterocycles. The molecule has 0 bridgehead atoms. The topological polar surface area (TPSA) is 93.1 Å². The van der Waals surface area contributed by atoms with Crippen LogP contribution >= 0.6 is 0 Å². The highest BCUT2D eigenvalue weighted by molar-refractivity contribution is 5.66. The van der Waals surface area contributed by atoms with Crippen LogP contribution in [-0.4, -0.2) is 34.5 Å². The lowest BCUT2D eigenvalue weighted by molar-refractivity contribution is -0.176. The van der Waals surface area contributed by atoms with Gasteiger partial charge in [0.15, 0.2) is 0 Å². The quantitative estimate of drug-likeness (QED) is 0.378. The van der Waals surface area contributed by atoms with Gasteiger partial charge in [0.05, 0.1) is 6.10 Å². The summed E-state index contributed by atoms with van der Waals surface area (Å²) < 4.78 is 11.2. The Morgan fingerprint density at radius 1 is 1.03 bits per heavy atom. The highest BCUT2D eigenvalue weighted by Gasteiger charge is 2.63. The number of fused-ring (bicyclic) bond motifs is 5. The van der Waals surface area contributed by atoms with Crippen molar-refractivity contribution in [3.8, 4) is 0 Å². The summed E-state index contributed by atoms with van der Waals surface area (Å²) in [6.07, 6.45) is 8.06. The molecule has 6 heteroatoms. The highest BCUT2D eigenvalue weighted by atomic mass is 16.7. The number of aliphatic hydroxyl groups is 1. The van der Waals surface area contributed by atoms with Gasteiger partial charge in [0.25, 0.3) is 0 Å². The Kier molecular flexibility index (Phi) is 7.83. The largest absolute Gasteiger partial charge is 0.508 e. The average molecular weight is 527 g/mol. The van der Waals surface area contributed by atoms with Crippen LogP contribution in [0.5, 0.6) is 0 Å². The van der Waals surface area contributed by atoms with Crippen LogP contribution < -0.4 is 0 Å². The van der Waals surface area contributed by atoms with Gasteiger partial charge >= 0.3 is 12.1 Å². The van der Waals surface area contributed by atoms with Crippen molar-refractivity contribution in [2.75, 3.05) is 0 Å². The monoisotopic (exact) mass is 526 g/mol. The van der Waals surface area contributed by atoms with Gasteiger partial charge in [-0.2, -0.15) is 0 Å². The molecule has 0 unspecified atom stereocenters. The van der Waals surface area contributed by atoms with E-state index in [0.29, 0.717) is 41.9 Å². The minimum Gasteiger partial charge on any atom is -0.481 e. The van der Waals surface area contributed by atoms with Crippen molar-refractivity contribution in [1.29, 1.82) is 0 Å². The second kappa shape index (κ2) is 10.8. The van der Waals surface area contributed by atoms with E-state index in [2.05, 4.69) is 20.8 Å². The van der Waals surface area contributed by atoms with E-state index >= 15 is 0 Å². The first-order valence-electron chi connectivity index (χ1n) is 14.9. The first-order chi connectivity index (χ1) is 18.1. The van der Waals surface area contributed by atoms with Crippen LogP contribution in [0, 0.1) is 46.3 Å². The molecule has 0 amide bonds. The van der Waals surface area contributed by atoms with Crippen molar-refractivity contribution in [1.82, 2.24) is 0 Å². The molecule has 0 saturated heterocycles. The molecule has 0 spiro atoms. The minimum atomic E-state index is -0.726. The molecule has 4 aliphatic carbocycles. The van der Waals surface area contributed by atoms with E-state index < -0.39 is 12.1 Å². The van der Waals surface area contributed by atoms with Crippen LogP contribution in [0.1, 0.15) is 90.5 Å². The van der Waals surface area contributed by atoms with Crippen LogP contribution in [0.3, 0.4) is 0 Å². The van der Waals surface area contributed by atoms with Crippen molar-refractivity contribution in [3.63, 3.8) is 0 Å². The molecule has 5 rings (SSSR count). The molecule has 4 saturated carbocycles. The highest BCUT2D eigenvalue weighted by Crippen LogP contribution is 2.68. The van der Waals surface area contributed by atoms with Gasteiger partial charge in [-0.1, -0.05) is 51.1 Å². The Hall–Kier alpha value is -2.08. The van der Waals surface area contributed by atoms with Gasteiger partial charge in [-0.15, -0.1) is 0 Å². The molecule has 4 aliphatic rings. The lowest BCUT2D eigenvalue weighted by Gasteiger charge is -2.62. The number of hydrogen-bond donors (Lipinski definition) is 2. The van der Waals surface area contributed by atoms with Crippen molar-refractivity contribution in [3.05, 3.63) is 35.9 Å². The van der Waals surface area contributed by atoms with Crippen LogP contribution in [0.4, 0.5) is 4.79 Å². The fraction of sp³-hybridized carbons (Fsp3) is 0.750. The number of benzene rings is 1. The molecular weight excluding hydrogens is 480 g/mol. The zero-order valence-corrected chi connectivity index (χ0v) is 23.3. The van der Waals surface area contributed by atoms with Crippen molar-refractivity contribution >= 4 is 12.1 Å². The predicted molar refractivity (Wildman–Crippen MR) is 144 cm³/mol. The molecule has 1 aromatic rings. The van der Waals surface area contributed by atoms with Crippen molar-refractivity contribution in [2.24, 2.45) is 46.3 Å².